The Balaban J connectivity index is 2.91. The van der Waals surface area contributed by atoms with E-state index in [2.05, 4.69) is 12.8 Å². The molecule has 0 spiro atoms. The molecule has 0 fully saturated rings. The molecule has 0 heterocycles. The third-order valence-corrected chi connectivity index (χ3v) is 3.23. The smallest absolute Gasteiger partial charge is 0.107 e. The van der Waals surface area contributed by atoms with Gasteiger partial charge in [0.1, 0.15) is 6.11 Å². The van der Waals surface area contributed by atoms with Gasteiger partial charge in [-0.3, -0.25) is 0 Å². The van der Waals surface area contributed by atoms with Crippen LogP contribution in [0.25, 0.3) is 0 Å². The number of hydrogen-bond acceptors (Lipinski definition) is 1. The van der Waals surface area contributed by atoms with Gasteiger partial charge < -0.3 is 5.11 Å². The molecule has 0 aromatic carbocycles. The first-order valence-electron chi connectivity index (χ1n) is 7.53. The third kappa shape index (κ3) is 15.4. The SMILES string of the molecule is CCCCCCCCCCCCCCC#CO. The molecular weight excluding hydrogens is 208 g/mol. The Hall–Kier alpha value is -0.640. The first-order valence-corrected chi connectivity index (χ1v) is 7.53. The average molecular weight is 238 g/mol. The highest BCUT2D eigenvalue weighted by molar-refractivity contribution is 4.88. The van der Waals surface area contributed by atoms with Crippen molar-refractivity contribution in [3.8, 4) is 12.0 Å². The minimum Gasteiger partial charge on any atom is -0.462 e. The van der Waals surface area contributed by atoms with Crippen molar-refractivity contribution in [2.45, 2.75) is 90.4 Å². The molecule has 100 valence electrons. The normalized spacial score (nSPS) is 9.94. The second-order valence-electron chi connectivity index (χ2n) is 4.93. The van der Waals surface area contributed by atoms with E-state index >= 15 is 0 Å². The predicted octanol–water partition coefficient (Wildman–Crippen LogP) is 5.41. The van der Waals surface area contributed by atoms with Crippen molar-refractivity contribution >= 4 is 0 Å². The topological polar surface area (TPSA) is 20.2 Å². The standard InChI is InChI=1S/C16H30O/c1-2-3-4-5-6-7-8-9-10-11-12-13-14-15-16-17/h17H,2-14H2,1H3. The van der Waals surface area contributed by atoms with E-state index in [0.29, 0.717) is 0 Å². The summed E-state index contributed by atoms with van der Waals surface area (Å²) in [5.74, 6) is 2.69. The van der Waals surface area contributed by atoms with Crippen LogP contribution in [0, 0.1) is 12.0 Å². The minimum absolute atomic E-state index is 0.855. The largest absolute Gasteiger partial charge is 0.462 e. The Bertz CT molecular complexity index is 187. The number of hydrogen-bond donors (Lipinski definition) is 1. The maximum Gasteiger partial charge on any atom is 0.107 e. The molecule has 17 heavy (non-hydrogen) atoms. The van der Waals surface area contributed by atoms with Crippen molar-refractivity contribution in [3.05, 3.63) is 0 Å². The Morgan fingerprint density at radius 3 is 1.47 bits per heavy atom. The van der Waals surface area contributed by atoms with Gasteiger partial charge in [0.15, 0.2) is 0 Å². The summed E-state index contributed by atoms with van der Waals surface area (Å²) in [5, 5.41) is 8.28. The molecule has 0 saturated heterocycles. The Morgan fingerprint density at radius 1 is 0.647 bits per heavy atom. The Morgan fingerprint density at radius 2 is 1.06 bits per heavy atom. The molecule has 0 radical (unpaired) electrons. The van der Waals surface area contributed by atoms with Crippen molar-refractivity contribution in [2.75, 3.05) is 0 Å². The maximum absolute atomic E-state index is 8.28. The fourth-order valence-electron chi connectivity index (χ4n) is 2.11. The molecule has 0 aliphatic carbocycles. The van der Waals surface area contributed by atoms with Gasteiger partial charge in [-0.25, -0.2) is 0 Å². The van der Waals surface area contributed by atoms with Gasteiger partial charge in [-0.2, -0.15) is 0 Å². The van der Waals surface area contributed by atoms with Crippen LogP contribution in [0.5, 0.6) is 0 Å². The minimum atomic E-state index is 0.855. The molecule has 0 saturated carbocycles. The molecule has 0 aliphatic heterocycles. The van der Waals surface area contributed by atoms with Gasteiger partial charge in [0.05, 0.1) is 0 Å². The highest BCUT2D eigenvalue weighted by Gasteiger charge is 1.92. The highest BCUT2D eigenvalue weighted by Crippen LogP contribution is 2.12. The van der Waals surface area contributed by atoms with E-state index in [9.17, 15) is 0 Å². The second-order valence-corrected chi connectivity index (χ2v) is 4.93. The lowest BCUT2D eigenvalue weighted by Gasteiger charge is -2.01. The first-order chi connectivity index (χ1) is 8.41. The summed E-state index contributed by atoms with van der Waals surface area (Å²) in [6.45, 7) is 2.27. The number of aliphatic hydroxyl groups is 1. The molecular formula is C16H30O. The zero-order chi connectivity index (χ0) is 12.6. The average Bonchev–Trinajstić information content (AvgIpc) is 2.35. The maximum atomic E-state index is 8.28. The summed E-state index contributed by atoms with van der Waals surface area (Å²) in [5.41, 5.74) is 0. The Kier molecular flexibility index (Phi) is 14.8. The van der Waals surface area contributed by atoms with Crippen LogP contribution in [0.1, 0.15) is 90.4 Å². The molecule has 0 atom stereocenters. The molecule has 1 N–H and O–H groups in total. The van der Waals surface area contributed by atoms with Crippen LogP contribution in [0.4, 0.5) is 0 Å². The van der Waals surface area contributed by atoms with E-state index in [4.69, 9.17) is 5.11 Å². The summed E-state index contributed by atoms with van der Waals surface area (Å²) in [6, 6.07) is 0. The fraction of sp³-hybridized carbons (Fsp3) is 0.875. The molecule has 0 unspecified atom stereocenters. The molecule has 1 nitrogen and oxygen atoms in total. The van der Waals surface area contributed by atoms with E-state index < -0.39 is 0 Å². The van der Waals surface area contributed by atoms with Gasteiger partial charge in [0.2, 0.25) is 0 Å². The van der Waals surface area contributed by atoms with Crippen LogP contribution in [-0.4, -0.2) is 5.11 Å². The molecule has 1 heteroatoms. The van der Waals surface area contributed by atoms with Gasteiger partial charge in [-0.15, -0.1) is 0 Å². The number of aliphatic hydroxyl groups excluding tert-OH is 1. The van der Waals surface area contributed by atoms with E-state index in [-0.39, 0.29) is 0 Å². The fourth-order valence-corrected chi connectivity index (χ4v) is 2.11. The monoisotopic (exact) mass is 238 g/mol. The van der Waals surface area contributed by atoms with Gasteiger partial charge in [0, 0.05) is 6.42 Å². The molecule has 0 aromatic heterocycles. The zero-order valence-electron chi connectivity index (χ0n) is 11.6. The second kappa shape index (κ2) is 15.4. The van der Waals surface area contributed by atoms with Crippen molar-refractivity contribution in [1.29, 1.82) is 0 Å². The third-order valence-electron chi connectivity index (χ3n) is 3.23. The zero-order valence-corrected chi connectivity index (χ0v) is 11.6. The molecule has 0 amide bonds. The molecule has 0 aliphatic rings. The lowest BCUT2D eigenvalue weighted by Crippen LogP contribution is -1.82. The van der Waals surface area contributed by atoms with Gasteiger partial charge >= 0.3 is 0 Å². The van der Waals surface area contributed by atoms with Crippen molar-refractivity contribution in [2.24, 2.45) is 0 Å². The molecule has 0 aromatic rings. The number of rotatable bonds is 12. The summed E-state index contributed by atoms with van der Waals surface area (Å²) < 4.78 is 0. The summed E-state index contributed by atoms with van der Waals surface area (Å²) >= 11 is 0. The van der Waals surface area contributed by atoms with Crippen LogP contribution in [-0.2, 0) is 0 Å². The Labute approximate surface area is 108 Å². The van der Waals surface area contributed by atoms with Gasteiger partial charge in [-0.1, -0.05) is 83.5 Å². The summed E-state index contributed by atoms with van der Waals surface area (Å²) in [6.07, 6.45) is 19.3. The lowest BCUT2D eigenvalue weighted by atomic mass is 10.0. The van der Waals surface area contributed by atoms with E-state index in [1.165, 1.54) is 70.6 Å². The van der Waals surface area contributed by atoms with Crippen LogP contribution >= 0.6 is 0 Å². The van der Waals surface area contributed by atoms with Crippen molar-refractivity contribution in [3.63, 3.8) is 0 Å². The van der Waals surface area contributed by atoms with Crippen LogP contribution in [0.2, 0.25) is 0 Å². The van der Waals surface area contributed by atoms with Crippen molar-refractivity contribution < 1.29 is 5.11 Å². The lowest BCUT2D eigenvalue weighted by molar-refractivity contribution is 0.515. The van der Waals surface area contributed by atoms with Crippen LogP contribution in [0.15, 0.2) is 0 Å². The van der Waals surface area contributed by atoms with Crippen LogP contribution in [0.3, 0.4) is 0 Å². The van der Waals surface area contributed by atoms with E-state index in [1.54, 1.807) is 0 Å². The quantitative estimate of drug-likeness (QED) is 0.356. The summed E-state index contributed by atoms with van der Waals surface area (Å²) in [4.78, 5) is 0. The van der Waals surface area contributed by atoms with E-state index in [0.717, 1.165) is 12.8 Å². The van der Waals surface area contributed by atoms with Gasteiger partial charge in [-0.05, 0) is 6.42 Å². The molecule has 0 rings (SSSR count). The highest BCUT2D eigenvalue weighted by atomic mass is 16.2. The van der Waals surface area contributed by atoms with Crippen LogP contribution < -0.4 is 0 Å². The van der Waals surface area contributed by atoms with Gasteiger partial charge in [0.25, 0.3) is 0 Å². The molecule has 0 bridgehead atoms. The first kappa shape index (κ1) is 16.4. The van der Waals surface area contributed by atoms with E-state index in [1.807, 2.05) is 6.11 Å². The number of unbranched alkanes of at least 4 members (excludes halogenated alkanes) is 12. The summed E-state index contributed by atoms with van der Waals surface area (Å²) in [7, 11) is 0. The van der Waals surface area contributed by atoms with Crippen molar-refractivity contribution in [1.82, 2.24) is 0 Å². The predicted molar refractivity (Wildman–Crippen MR) is 75.4 cm³/mol.